The molecule has 1 unspecified atom stereocenters. The van der Waals surface area contributed by atoms with Crippen LogP contribution in [0.5, 0.6) is 0 Å². The lowest BCUT2D eigenvalue weighted by Crippen LogP contribution is -2.35. The molecule has 0 heterocycles. The van der Waals surface area contributed by atoms with Crippen LogP contribution in [0.2, 0.25) is 0 Å². The van der Waals surface area contributed by atoms with Gasteiger partial charge in [0.1, 0.15) is 0 Å². The Kier molecular flexibility index (Phi) is 5.13. The van der Waals surface area contributed by atoms with E-state index >= 15 is 0 Å². The van der Waals surface area contributed by atoms with Crippen molar-refractivity contribution in [3.05, 3.63) is 34.6 Å². The monoisotopic (exact) mass is 295 g/mol. The molecule has 1 nitrogen and oxygen atoms in total. The van der Waals surface area contributed by atoms with Crippen LogP contribution in [0.15, 0.2) is 0 Å². The van der Waals surface area contributed by atoms with Gasteiger partial charge >= 0.3 is 0 Å². The van der Waals surface area contributed by atoms with Crippen molar-refractivity contribution in [2.45, 2.75) is 40.2 Å². The number of rotatable bonds is 4. The van der Waals surface area contributed by atoms with E-state index in [2.05, 4.69) is 5.32 Å². The first-order chi connectivity index (χ1) is 9.12. The molecule has 1 aromatic rings. The van der Waals surface area contributed by atoms with Crippen LogP contribution in [0, 0.1) is 34.5 Å². The molecular formula is C14H18F5N. The number of nitrogens with one attached hydrogen (secondary N) is 1. The molecule has 1 aromatic carbocycles. The molecule has 6 heteroatoms. The Balaban J connectivity index is 3.48. The van der Waals surface area contributed by atoms with E-state index in [4.69, 9.17) is 0 Å². The van der Waals surface area contributed by atoms with Crippen molar-refractivity contribution in [1.29, 1.82) is 0 Å². The molecule has 0 aliphatic heterocycles. The van der Waals surface area contributed by atoms with Gasteiger partial charge in [0.15, 0.2) is 23.3 Å². The van der Waals surface area contributed by atoms with Crippen LogP contribution < -0.4 is 5.32 Å². The summed E-state index contributed by atoms with van der Waals surface area (Å²) in [5.41, 5.74) is -1.52. The Bertz CT molecular complexity index is 464. The summed E-state index contributed by atoms with van der Waals surface area (Å²) < 4.78 is 67.3. The maximum Gasteiger partial charge on any atom is 0.200 e. The average molecular weight is 295 g/mol. The van der Waals surface area contributed by atoms with Crippen molar-refractivity contribution in [2.75, 3.05) is 6.54 Å². The van der Waals surface area contributed by atoms with E-state index in [0.29, 0.717) is 13.0 Å². The standard InChI is InChI=1S/C14H18F5N/c1-5-6-20-13(14(2,3)4)7-8(15)10(17)12(19)11(18)9(7)16/h13,20H,5-6H2,1-4H3. The van der Waals surface area contributed by atoms with E-state index in [1.165, 1.54) is 0 Å². The highest BCUT2D eigenvalue weighted by molar-refractivity contribution is 5.28. The summed E-state index contributed by atoms with van der Waals surface area (Å²) >= 11 is 0. The van der Waals surface area contributed by atoms with E-state index in [9.17, 15) is 22.0 Å². The minimum Gasteiger partial charge on any atom is -0.309 e. The van der Waals surface area contributed by atoms with E-state index in [0.717, 1.165) is 0 Å². The highest BCUT2D eigenvalue weighted by Crippen LogP contribution is 2.37. The fourth-order valence-corrected chi connectivity index (χ4v) is 2.01. The minimum absolute atomic E-state index is 0.404. The fourth-order valence-electron chi connectivity index (χ4n) is 2.01. The van der Waals surface area contributed by atoms with Gasteiger partial charge in [-0.15, -0.1) is 0 Å². The van der Waals surface area contributed by atoms with Gasteiger partial charge in [0.05, 0.1) is 0 Å². The second kappa shape index (κ2) is 6.08. The van der Waals surface area contributed by atoms with Crippen LogP contribution in [0.25, 0.3) is 0 Å². The summed E-state index contributed by atoms with van der Waals surface area (Å²) in [5, 5.41) is 2.85. The number of halogens is 5. The zero-order chi connectivity index (χ0) is 15.7. The largest absolute Gasteiger partial charge is 0.309 e. The third kappa shape index (κ3) is 3.11. The molecule has 1 atom stereocenters. The van der Waals surface area contributed by atoms with E-state index in [1.807, 2.05) is 6.92 Å². The van der Waals surface area contributed by atoms with Gasteiger partial charge in [0.2, 0.25) is 5.82 Å². The molecule has 1 N–H and O–H groups in total. The van der Waals surface area contributed by atoms with Gasteiger partial charge in [0, 0.05) is 11.6 Å². The molecule has 0 fully saturated rings. The van der Waals surface area contributed by atoms with Gasteiger partial charge in [0.25, 0.3) is 0 Å². The molecule has 0 saturated heterocycles. The normalized spacial score (nSPS) is 13.7. The zero-order valence-electron chi connectivity index (χ0n) is 11.9. The van der Waals surface area contributed by atoms with Gasteiger partial charge < -0.3 is 5.32 Å². The predicted molar refractivity (Wildman–Crippen MR) is 66.7 cm³/mol. The summed E-state index contributed by atoms with van der Waals surface area (Å²) in [7, 11) is 0. The molecule has 0 aliphatic carbocycles. The number of hydrogen-bond acceptors (Lipinski definition) is 1. The molecule has 20 heavy (non-hydrogen) atoms. The smallest absolute Gasteiger partial charge is 0.200 e. The molecular weight excluding hydrogens is 277 g/mol. The van der Waals surface area contributed by atoms with Crippen LogP contribution in [0.4, 0.5) is 22.0 Å². The van der Waals surface area contributed by atoms with Gasteiger partial charge in [-0.2, -0.15) is 0 Å². The molecule has 0 radical (unpaired) electrons. The first-order valence-corrected chi connectivity index (χ1v) is 6.37. The van der Waals surface area contributed by atoms with E-state index in [1.54, 1.807) is 20.8 Å². The van der Waals surface area contributed by atoms with Crippen molar-refractivity contribution in [1.82, 2.24) is 5.32 Å². The van der Waals surface area contributed by atoms with Crippen LogP contribution in [-0.4, -0.2) is 6.54 Å². The van der Waals surface area contributed by atoms with Gasteiger partial charge in [-0.05, 0) is 18.4 Å². The highest BCUT2D eigenvalue weighted by Gasteiger charge is 2.35. The second-order valence-corrected chi connectivity index (χ2v) is 5.74. The summed E-state index contributed by atoms with van der Waals surface area (Å²) in [5.74, 6) is -9.50. The van der Waals surface area contributed by atoms with Crippen LogP contribution >= 0.6 is 0 Å². The van der Waals surface area contributed by atoms with Crippen molar-refractivity contribution >= 4 is 0 Å². The van der Waals surface area contributed by atoms with Gasteiger partial charge in [-0.25, -0.2) is 22.0 Å². The SMILES string of the molecule is CCCNC(c1c(F)c(F)c(F)c(F)c1F)C(C)(C)C. The molecule has 0 spiro atoms. The summed E-state index contributed by atoms with van der Waals surface area (Å²) in [6, 6.07) is -0.980. The number of benzene rings is 1. The first kappa shape index (κ1) is 16.9. The Labute approximate surface area is 115 Å². The predicted octanol–water partition coefficient (Wildman–Crippen LogP) is 4.47. The van der Waals surface area contributed by atoms with Gasteiger partial charge in [-0.3, -0.25) is 0 Å². The Morgan fingerprint density at radius 2 is 1.25 bits per heavy atom. The van der Waals surface area contributed by atoms with Crippen LogP contribution in [0.3, 0.4) is 0 Å². The average Bonchev–Trinajstić information content (AvgIpc) is 2.36. The van der Waals surface area contributed by atoms with E-state index < -0.39 is 46.1 Å². The zero-order valence-corrected chi connectivity index (χ0v) is 11.9. The summed E-state index contributed by atoms with van der Waals surface area (Å²) in [6.07, 6.45) is 0.669. The molecule has 0 saturated carbocycles. The summed E-state index contributed by atoms with van der Waals surface area (Å²) in [6.45, 7) is 7.24. The van der Waals surface area contributed by atoms with Crippen LogP contribution in [-0.2, 0) is 0 Å². The second-order valence-electron chi connectivity index (χ2n) is 5.74. The van der Waals surface area contributed by atoms with Gasteiger partial charge in [-0.1, -0.05) is 27.7 Å². The number of hydrogen-bond donors (Lipinski definition) is 1. The Hall–Kier alpha value is -1.17. The van der Waals surface area contributed by atoms with Crippen molar-refractivity contribution in [3.63, 3.8) is 0 Å². The quantitative estimate of drug-likeness (QED) is 0.491. The van der Waals surface area contributed by atoms with Crippen LogP contribution in [0.1, 0.15) is 45.7 Å². The topological polar surface area (TPSA) is 12.0 Å². The van der Waals surface area contributed by atoms with Crippen molar-refractivity contribution < 1.29 is 22.0 Å². The highest BCUT2D eigenvalue weighted by atomic mass is 19.2. The Morgan fingerprint density at radius 1 is 0.850 bits per heavy atom. The van der Waals surface area contributed by atoms with Crippen molar-refractivity contribution in [3.8, 4) is 0 Å². The molecule has 114 valence electrons. The Morgan fingerprint density at radius 3 is 1.60 bits per heavy atom. The molecule has 0 bridgehead atoms. The maximum atomic E-state index is 13.8. The molecule has 0 amide bonds. The lowest BCUT2D eigenvalue weighted by molar-refractivity contribution is 0.249. The minimum atomic E-state index is -2.13. The van der Waals surface area contributed by atoms with Crippen molar-refractivity contribution in [2.24, 2.45) is 5.41 Å². The molecule has 1 rings (SSSR count). The molecule has 0 aromatic heterocycles. The lowest BCUT2D eigenvalue weighted by Gasteiger charge is -2.32. The fraction of sp³-hybridized carbons (Fsp3) is 0.571. The van der Waals surface area contributed by atoms with E-state index in [-0.39, 0.29) is 0 Å². The molecule has 0 aliphatic rings. The first-order valence-electron chi connectivity index (χ1n) is 6.37. The third-order valence-corrected chi connectivity index (χ3v) is 3.00. The third-order valence-electron chi connectivity index (χ3n) is 3.00. The summed E-state index contributed by atoms with van der Waals surface area (Å²) in [4.78, 5) is 0. The maximum absolute atomic E-state index is 13.8. The lowest BCUT2D eigenvalue weighted by atomic mass is 9.81.